The Labute approximate surface area is 96.5 Å². The molecule has 0 saturated heterocycles. The molecule has 5 nitrogen and oxygen atoms in total. The molecule has 6 heteroatoms. The molecule has 0 aliphatic heterocycles. The van der Waals surface area contributed by atoms with Crippen LogP contribution in [0.4, 0.5) is 4.79 Å². The fraction of sp³-hybridized carbons (Fsp3) is 0.700. The molecule has 0 aromatic rings. The Morgan fingerprint density at radius 2 is 2.00 bits per heavy atom. The first-order chi connectivity index (χ1) is 7.16. The van der Waals surface area contributed by atoms with Crippen molar-refractivity contribution in [2.24, 2.45) is 0 Å². The maximum Gasteiger partial charge on any atom is 0.407 e. The van der Waals surface area contributed by atoms with Crippen molar-refractivity contribution >= 4 is 15.9 Å². The van der Waals surface area contributed by atoms with Crippen molar-refractivity contribution in [3.63, 3.8) is 0 Å². The molecule has 0 atom stereocenters. The monoisotopic (exact) mass is 247 g/mol. The van der Waals surface area contributed by atoms with Crippen molar-refractivity contribution < 1.29 is 17.9 Å². The molecule has 0 rings (SSSR count). The van der Waals surface area contributed by atoms with Gasteiger partial charge in [-0.05, 0) is 20.8 Å². The van der Waals surface area contributed by atoms with Crippen molar-refractivity contribution in [2.45, 2.75) is 26.4 Å². The summed E-state index contributed by atoms with van der Waals surface area (Å²) < 4.78 is 27.3. The summed E-state index contributed by atoms with van der Waals surface area (Å²) in [4.78, 5) is 11.1. The maximum atomic E-state index is 11.2. The molecule has 0 heterocycles. The van der Waals surface area contributed by atoms with E-state index in [0.717, 1.165) is 0 Å². The van der Waals surface area contributed by atoms with Crippen LogP contribution in [0.25, 0.3) is 0 Å². The number of hydrogen-bond donors (Lipinski definition) is 1. The molecule has 0 spiro atoms. The number of amides is 1. The second-order valence-electron chi connectivity index (χ2n) is 4.22. The van der Waals surface area contributed by atoms with Gasteiger partial charge in [0.2, 0.25) is 0 Å². The maximum absolute atomic E-state index is 11.2. The molecule has 1 N–H and O–H groups in total. The number of sulfone groups is 1. The highest BCUT2D eigenvalue weighted by atomic mass is 32.2. The van der Waals surface area contributed by atoms with Crippen molar-refractivity contribution in [2.75, 3.05) is 18.1 Å². The second kappa shape index (κ2) is 5.75. The van der Waals surface area contributed by atoms with Crippen LogP contribution in [0.1, 0.15) is 20.8 Å². The predicted molar refractivity (Wildman–Crippen MR) is 61.7 cm³/mol. The van der Waals surface area contributed by atoms with E-state index < -0.39 is 21.5 Å². The molecule has 0 aliphatic carbocycles. The first-order valence-electron chi connectivity index (χ1n) is 4.77. The molecule has 0 bridgehead atoms. The lowest BCUT2D eigenvalue weighted by molar-refractivity contribution is 0.0531. The van der Waals surface area contributed by atoms with Gasteiger partial charge < -0.3 is 10.1 Å². The van der Waals surface area contributed by atoms with Crippen molar-refractivity contribution in [3.8, 4) is 12.3 Å². The lowest BCUT2D eigenvalue weighted by atomic mass is 10.2. The Morgan fingerprint density at radius 3 is 2.44 bits per heavy atom. The van der Waals surface area contributed by atoms with Crippen LogP contribution in [0.15, 0.2) is 0 Å². The van der Waals surface area contributed by atoms with Crippen LogP contribution in [0.2, 0.25) is 0 Å². The molecule has 92 valence electrons. The van der Waals surface area contributed by atoms with Crippen molar-refractivity contribution in [1.82, 2.24) is 5.32 Å². The molecular weight excluding hydrogens is 230 g/mol. The number of alkyl carbamates (subject to hydrolysis) is 1. The molecule has 16 heavy (non-hydrogen) atoms. The minimum absolute atomic E-state index is 0.00106. The smallest absolute Gasteiger partial charge is 0.407 e. The van der Waals surface area contributed by atoms with Gasteiger partial charge in [0, 0.05) is 6.54 Å². The summed E-state index contributed by atoms with van der Waals surface area (Å²) in [6.07, 6.45) is 4.25. The van der Waals surface area contributed by atoms with Gasteiger partial charge in [-0.15, -0.1) is 6.42 Å². The van der Waals surface area contributed by atoms with Gasteiger partial charge in [0.1, 0.15) is 11.4 Å². The summed E-state index contributed by atoms with van der Waals surface area (Å²) in [7, 11) is -3.28. The first kappa shape index (κ1) is 14.8. The van der Waals surface area contributed by atoms with E-state index in [4.69, 9.17) is 11.2 Å². The topological polar surface area (TPSA) is 72.5 Å². The zero-order chi connectivity index (χ0) is 12.8. The predicted octanol–water partition coefficient (Wildman–Crippen LogP) is 0.559. The molecule has 0 saturated carbocycles. The van der Waals surface area contributed by atoms with E-state index in [9.17, 15) is 13.2 Å². The number of rotatable bonds is 4. The third-order valence-corrected chi connectivity index (χ3v) is 2.82. The molecule has 0 radical (unpaired) electrons. The number of ether oxygens (including phenoxy) is 1. The van der Waals surface area contributed by atoms with E-state index in [1.165, 1.54) is 0 Å². The summed E-state index contributed by atoms with van der Waals surface area (Å²) in [5.41, 5.74) is -0.595. The number of carbonyl (C=O) groups is 1. The molecule has 0 unspecified atom stereocenters. The summed E-state index contributed by atoms with van der Waals surface area (Å²) in [6, 6.07) is 0. The highest BCUT2D eigenvalue weighted by Gasteiger charge is 2.16. The zero-order valence-electron chi connectivity index (χ0n) is 9.74. The minimum atomic E-state index is -3.28. The Morgan fingerprint density at radius 1 is 1.44 bits per heavy atom. The van der Waals surface area contributed by atoms with Crippen LogP contribution in [0.5, 0.6) is 0 Å². The van der Waals surface area contributed by atoms with E-state index in [1.807, 2.05) is 0 Å². The van der Waals surface area contributed by atoms with Gasteiger partial charge in [-0.3, -0.25) is 0 Å². The fourth-order valence-corrected chi connectivity index (χ4v) is 1.63. The molecular formula is C10H17NO4S. The van der Waals surface area contributed by atoms with Gasteiger partial charge in [-0.2, -0.15) is 0 Å². The molecule has 0 aromatic carbocycles. The van der Waals surface area contributed by atoms with Gasteiger partial charge in [0.25, 0.3) is 0 Å². The first-order valence-corrected chi connectivity index (χ1v) is 6.59. The van der Waals surface area contributed by atoms with Crippen LogP contribution in [-0.4, -0.2) is 38.2 Å². The van der Waals surface area contributed by atoms with Crippen LogP contribution in [-0.2, 0) is 14.6 Å². The summed E-state index contributed by atoms with van der Waals surface area (Å²) in [5, 5.41) is 2.34. The van der Waals surface area contributed by atoms with Crippen LogP contribution in [0, 0.1) is 12.3 Å². The van der Waals surface area contributed by atoms with Crippen molar-refractivity contribution in [3.05, 3.63) is 0 Å². The zero-order valence-corrected chi connectivity index (χ0v) is 10.6. The summed E-state index contributed by atoms with van der Waals surface area (Å²) in [6.45, 7) is 5.17. The molecule has 1 amide bonds. The van der Waals surface area contributed by atoms with Crippen molar-refractivity contribution in [1.29, 1.82) is 0 Å². The second-order valence-corrected chi connectivity index (χ2v) is 6.41. The number of nitrogens with one attached hydrogen (secondary N) is 1. The lowest BCUT2D eigenvalue weighted by Gasteiger charge is -2.19. The molecule has 0 fully saturated rings. The lowest BCUT2D eigenvalue weighted by Crippen LogP contribution is -2.35. The largest absolute Gasteiger partial charge is 0.444 e. The molecule has 0 aliphatic rings. The molecule has 0 aromatic heterocycles. The van der Waals surface area contributed by atoms with E-state index in [0.29, 0.717) is 0 Å². The fourth-order valence-electron chi connectivity index (χ4n) is 0.822. The van der Waals surface area contributed by atoms with Gasteiger partial charge in [-0.1, -0.05) is 5.92 Å². The SMILES string of the molecule is C#CCS(=O)(=O)CCNC(=O)OC(C)(C)C. The van der Waals surface area contributed by atoms with Crippen LogP contribution in [0.3, 0.4) is 0 Å². The van der Waals surface area contributed by atoms with Gasteiger partial charge in [0.15, 0.2) is 9.84 Å². The average molecular weight is 247 g/mol. The highest BCUT2D eigenvalue weighted by molar-refractivity contribution is 7.91. The number of terminal acetylenes is 1. The Hall–Kier alpha value is -1.22. The number of hydrogen-bond acceptors (Lipinski definition) is 4. The van der Waals surface area contributed by atoms with Gasteiger partial charge in [-0.25, -0.2) is 13.2 Å². The van der Waals surface area contributed by atoms with Gasteiger partial charge in [0.05, 0.1) is 5.75 Å². The minimum Gasteiger partial charge on any atom is -0.444 e. The van der Waals surface area contributed by atoms with Gasteiger partial charge >= 0.3 is 6.09 Å². The quantitative estimate of drug-likeness (QED) is 0.737. The normalized spacial score (nSPS) is 11.6. The standard InChI is InChI=1S/C10H17NO4S/c1-5-7-16(13,14)8-6-11-9(12)15-10(2,3)4/h1H,6-8H2,2-4H3,(H,11,12). The Balaban J connectivity index is 3.93. The Kier molecular flexibility index (Phi) is 5.31. The van der Waals surface area contributed by atoms with Crippen LogP contribution >= 0.6 is 0 Å². The average Bonchev–Trinajstić information content (AvgIpc) is 1.99. The Bertz CT molecular complexity index is 373. The van der Waals surface area contributed by atoms with E-state index in [2.05, 4.69) is 11.2 Å². The number of carbonyl (C=O) groups excluding carboxylic acids is 1. The van der Waals surface area contributed by atoms with E-state index >= 15 is 0 Å². The summed E-state index contributed by atoms with van der Waals surface area (Å²) in [5.74, 6) is 1.55. The van der Waals surface area contributed by atoms with Crippen LogP contribution < -0.4 is 5.32 Å². The summed E-state index contributed by atoms with van der Waals surface area (Å²) >= 11 is 0. The van der Waals surface area contributed by atoms with E-state index in [1.54, 1.807) is 20.8 Å². The third-order valence-electron chi connectivity index (χ3n) is 1.38. The third kappa shape index (κ3) is 8.12. The van der Waals surface area contributed by atoms with E-state index in [-0.39, 0.29) is 18.1 Å². The highest BCUT2D eigenvalue weighted by Crippen LogP contribution is 2.06.